The lowest BCUT2D eigenvalue weighted by atomic mass is 9.66. The number of carboxylic acids is 1. The number of hydrogen-bond donors (Lipinski definition) is 2. The third-order valence-electron chi connectivity index (χ3n) is 7.27. The zero-order valence-corrected chi connectivity index (χ0v) is 20.6. The third-order valence-corrected chi connectivity index (χ3v) is 7.27. The predicted molar refractivity (Wildman–Crippen MR) is 128 cm³/mol. The maximum absolute atomic E-state index is 10.6. The zero-order chi connectivity index (χ0) is 26.8. The number of carbonyl (C=O) groups is 1. The number of fused-ring (bicyclic) bond motifs is 3. The van der Waals surface area contributed by atoms with E-state index in [0.717, 1.165) is 49.0 Å². The standard InChI is InChI=1S/C24H29N3O3.C2HF3O2/c1-27-22(25)26-24(30-27)21-14-20(29-16-17-6-4-3-5-7-17)9-8-18(21)15-23(24)12-10-19(28-2)11-13-23;3-2(4,5)1(6)7/h3-9,14,19H,10-13,15-16H2,1-2H3,(H2,25,26);(H,6,7). The maximum atomic E-state index is 10.6. The van der Waals surface area contributed by atoms with E-state index in [1.165, 1.54) is 5.56 Å². The van der Waals surface area contributed by atoms with Crippen LogP contribution in [-0.4, -0.2) is 48.5 Å². The lowest BCUT2D eigenvalue weighted by Gasteiger charge is -2.45. The van der Waals surface area contributed by atoms with Crippen LogP contribution in [0.4, 0.5) is 13.2 Å². The molecular formula is C26H30F3N3O5. The first kappa shape index (κ1) is 26.7. The zero-order valence-electron chi connectivity index (χ0n) is 20.6. The van der Waals surface area contributed by atoms with E-state index in [0.29, 0.717) is 18.7 Å². The number of aliphatic carboxylic acids is 1. The van der Waals surface area contributed by atoms with E-state index in [-0.39, 0.29) is 5.41 Å². The number of halogens is 3. The van der Waals surface area contributed by atoms with Gasteiger partial charge < -0.3 is 20.3 Å². The number of methoxy groups -OCH3 is 1. The molecule has 2 aromatic rings. The van der Waals surface area contributed by atoms with Crippen LogP contribution >= 0.6 is 0 Å². The van der Waals surface area contributed by atoms with Crippen molar-refractivity contribution >= 4 is 11.9 Å². The normalized spacial score (nSPS) is 26.5. The first-order chi connectivity index (χ1) is 17.5. The quantitative estimate of drug-likeness (QED) is 0.615. The van der Waals surface area contributed by atoms with Crippen LogP contribution in [0.25, 0.3) is 0 Å². The number of guanidine groups is 1. The molecule has 3 N–H and O–H groups in total. The van der Waals surface area contributed by atoms with Crippen molar-refractivity contribution < 1.29 is 37.4 Å². The third kappa shape index (κ3) is 5.24. The molecule has 1 heterocycles. The van der Waals surface area contributed by atoms with Gasteiger partial charge in [-0.3, -0.25) is 0 Å². The fourth-order valence-electron chi connectivity index (χ4n) is 5.34. The Bertz CT molecular complexity index is 1150. The van der Waals surface area contributed by atoms with E-state index in [2.05, 4.69) is 30.3 Å². The summed E-state index contributed by atoms with van der Waals surface area (Å²) in [5, 5.41) is 8.73. The molecule has 2 aliphatic carbocycles. The van der Waals surface area contributed by atoms with Gasteiger partial charge in [0.15, 0.2) is 0 Å². The van der Waals surface area contributed by atoms with Crippen molar-refractivity contribution in [3.05, 3.63) is 65.2 Å². The van der Waals surface area contributed by atoms with Crippen molar-refractivity contribution in [2.24, 2.45) is 16.1 Å². The van der Waals surface area contributed by atoms with Crippen LogP contribution in [0.15, 0.2) is 53.5 Å². The van der Waals surface area contributed by atoms with Crippen LogP contribution in [-0.2, 0) is 33.1 Å². The average Bonchev–Trinajstić information content (AvgIpc) is 3.31. The van der Waals surface area contributed by atoms with Crippen molar-refractivity contribution in [1.29, 1.82) is 0 Å². The summed E-state index contributed by atoms with van der Waals surface area (Å²) in [6, 6.07) is 16.5. The van der Waals surface area contributed by atoms with Gasteiger partial charge in [-0.1, -0.05) is 36.4 Å². The summed E-state index contributed by atoms with van der Waals surface area (Å²) in [7, 11) is 3.63. The molecule has 1 saturated carbocycles. The topological polar surface area (TPSA) is 107 Å². The molecule has 11 heteroatoms. The molecule has 1 unspecified atom stereocenters. The van der Waals surface area contributed by atoms with Gasteiger partial charge in [0, 0.05) is 25.1 Å². The summed E-state index contributed by atoms with van der Waals surface area (Å²) in [5.41, 5.74) is 8.79. The molecule has 5 rings (SSSR count). The number of benzene rings is 2. The van der Waals surface area contributed by atoms with Crippen LogP contribution in [0, 0.1) is 5.41 Å². The van der Waals surface area contributed by atoms with Gasteiger partial charge in [0.25, 0.3) is 0 Å². The largest absolute Gasteiger partial charge is 0.490 e. The van der Waals surface area contributed by atoms with Crippen LogP contribution in [0.1, 0.15) is 42.4 Å². The maximum Gasteiger partial charge on any atom is 0.490 e. The number of aliphatic imine (C=N–C) groups is 1. The monoisotopic (exact) mass is 521 g/mol. The van der Waals surface area contributed by atoms with E-state index in [1.807, 2.05) is 25.2 Å². The number of carboxylic acid groups (broad SMARTS) is 1. The fraction of sp³-hybridized carbons (Fsp3) is 0.462. The molecular weight excluding hydrogens is 491 g/mol. The summed E-state index contributed by atoms with van der Waals surface area (Å²) < 4.78 is 43.5. The van der Waals surface area contributed by atoms with E-state index >= 15 is 0 Å². The molecule has 0 bridgehead atoms. The van der Waals surface area contributed by atoms with Crippen molar-refractivity contribution in [1.82, 2.24) is 5.06 Å². The number of rotatable bonds is 4. The minimum Gasteiger partial charge on any atom is -0.489 e. The van der Waals surface area contributed by atoms with Gasteiger partial charge in [0.1, 0.15) is 12.4 Å². The molecule has 0 radical (unpaired) electrons. The Hall–Kier alpha value is -3.31. The highest BCUT2D eigenvalue weighted by Gasteiger charge is 2.63. The Balaban J connectivity index is 0.000000405. The summed E-state index contributed by atoms with van der Waals surface area (Å²) in [6.07, 6.45) is 0.151. The Kier molecular flexibility index (Phi) is 7.38. The van der Waals surface area contributed by atoms with Gasteiger partial charge >= 0.3 is 12.1 Å². The molecule has 37 heavy (non-hydrogen) atoms. The molecule has 2 spiro atoms. The first-order valence-corrected chi connectivity index (χ1v) is 11.9. The smallest absolute Gasteiger partial charge is 0.489 e. The second-order valence-electron chi connectivity index (χ2n) is 9.49. The highest BCUT2D eigenvalue weighted by Crippen LogP contribution is 2.62. The SMILES string of the molecule is COC1CCC2(CC1)Cc1ccc(OCc3ccccc3)cc1C21N=C(N)N(C)O1.O=C(O)C(F)(F)F. The van der Waals surface area contributed by atoms with Gasteiger partial charge in [0.2, 0.25) is 11.7 Å². The minimum atomic E-state index is -5.08. The Labute approximate surface area is 212 Å². The van der Waals surface area contributed by atoms with Gasteiger partial charge in [0.05, 0.1) is 6.10 Å². The van der Waals surface area contributed by atoms with Gasteiger partial charge in [-0.05, 0) is 55.4 Å². The number of nitrogens with zero attached hydrogens (tertiary/aromatic N) is 2. The molecule has 8 nitrogen and oxygen atoms in total. The second-order valence-corrected chi connectivity index (χ2v) is 9.49. The van der Waals surface area contributed by atoms with Crippen molar-refractivity contribution in [3.8, 4) is 5.75 Å². The lowest BCUT2D eigenvalue weighted by molar-refractivity contribution is -0.232. The molecule has 200 valence electrons. The number of hydrogen-bond acceptors (Lipinski definition) is 7. The number of ether oxygens (including phenoxy) is 2. The van der Waals surface area contributed by atoms with Crippen molar-refractivity contribution in [2.45, 2.75) is 56.7 Å². The molecule has 3 aliphatic rings. The highest BCUT2D eigenvalue weighted by atomic mass is 19.4. The summed E-state index contributed by atoms with van der Waals surface area (Å²) >= 11 is 0. The number of hydroxylamine groups is 2. The van der Waals surface area contributed by atoms with Crippen LogP contribution in [0.3, 0.4) is 0 Å². The predicted octanol–water partition coefficient (Wildman–Crippen LogP) is 4.37. The van der Waals surface area contributed by atoms with Gasteiger partial charge in [-0.2, -0.15) is 13.2 Å². The van der Waals surface area contributed by atoms with Crippen LogP contribution < -0.4 is 10.5 Å². The Morgan fingerprint density at radius 1 is 1.22 bits per heavy atom. The van der Waals surface area contributed by atoms with Gasteiger partial charge in [-0.15, -0.1) is 0 Å². The molecule has 0 aromatic heterocycles. The molecule has 2 aromatic carbocycles. The Morgan fingerprint density at radius 3 is 2.41 bits per heavy atom. The number of nitrogens with two attached hydrogens (primary N) is 1. The fourth-order valence-corrected chi connectivity index (χ4v) is 5.34. The van der Waals surface area contributed by atoms with E-state index in [1.54, 1.807) is 12.2 Å². The Morgan fingerprint density at radius 2 is 1.86 bits per heavy atom. The second kappa shape index (κ2) is 10.2. The molecule has 1 atom stereocenters. The van der Waals surface area contributed by atoms with E-state index in [4.69, 9.17) is 34.9 Å². The average molecular weight is 522 g/mol. The van der Waals surface area contributed by atoms with E-state index in [9.17, 15) is 13.2 Å². The van der Waals surface area contributed by atoms with Crippen LogP contribution in [0.2, 0.25) is 0 Å². The summed E-state index contributed by atoms with van der Waals surface area (Å²) in [4.78, 5) is 20.3. The van der Waals surface area contributed by atoms with Gasteiger partial charge in [-0.25, -0.2) is 19.7 Å². The molecule has 0 saturated heterocycles. The minimum absolute atomic E-state index is 0.113. The summed E-state index contributed by atoms with van der Waals surface area (Å²) in [6.45, 7) is 0.527. The van der Waals surface area contributed by atoms with E-state index < -0.39 is 17.9 Å². The van der Waals surface area contributed by atoms with Crippen molar-refractivity contribution in [2.75, 3.05) is 14.2 Å². The highest BCUT2D eigenvalue weighted by molar-refractivity contribution is 5.79. The van der Waals surface area contributed by atoms with Crippen molar-refractivity contribution in [3.63, 3.8) is 0 Å². The molecule has 1 fully saturated rings. The van der Waals surface area contributed by atoms with Crippen LogP contribution in [0.5, 0.6) is 5.75 Å². The lowest BCUT2D eigenvalue weighted by Crippen LogP contribution is -2.46. The summed E-state index contributed by atoms with van der Waals surface area (Å²) in [5.74, 6) is -1.51. The number of alkyl halides is 3. The molecule has 0 amide bonds. The molecule has 1 aliphatic heterocycles. The first-order valence-electron chi connectivity index (χ1n) is 11.9.